The predicted molar refractivity (Wildman–Crippen MR) is 143 cm³/mol. The molecule has 3 atom stereocenters. The fourth-order valence-electron chi connectivity index (χ4n) is 4.67. The Morgan fingerprint density at radius 2 is 1.81 bits per heavy atom. The van der Waals surface area contributed by atoms with Gasteiger partial charge in [0.05, 0.1) is 30.0 Å². The fraction of sp³-hybridized carbons (Fsp3) is 0.880. The van der Waals surface area contributed by atoms with E-state index < -0.39 is 34.0 Å². The lowest BCUT2D eigenvalue weighted by molar-refractivity contribution is -0.0322. The molecule has 0 saturated carbocycles. The molecule has 3 aliphatic rings. The summed E-state index contributed by atoms with van der Waals surface area (Å²) in [7, 11) is -1.07. The number of allylic oxidation sites excluding steroid dienone is 1. The standard InChI is InChI=1S/C25H46BN3O7S/c1-23(2,3)34-22(30)29-16-10-11-20(27-37(31,32)28(8)9)21(29)17-33-19-14-12-18(13-15-19)26-35-24(4,5)25(6,7)36-26/h12,19-21,27H,10-11,13-17H2,1-9H3/t19-,20-,21-/m0/s1. The van der Waals surface area contributed by atoms with Crippen molar-refractivity contribution >= 4 is 23.4 Å². The third kappa shape index (κ3) is 7.48. The highest BCUT2D eigenvalue weighted by atomic mass is 32.2. The number of rotatable bonds is 7. The van der Waals surface area contributed by atoms with Crippen LogP contribution < -0.4 is 4.72 Å². The van der Waals surface area contributed by atoms with Crippen LogP contribution in [0.4, 0.5) is 4.79 Å². The largest absolute Gasteiger partial charge is 0.490 e. The molecular weight excluding hydrogens is 497 g/mol. The Morgan fingerprint density at radius 3 is 2.32 bits per heavy atom. The van der Waals surface area contributed by atoms with Crippen LogP contribution in [0, 0.1) is 0 Å². The van der Waals surface area contributed by atoms with Gasteiger partial charge in [-0.15, -0.1) is 0 Å². The van der Waals surface area contributed by atoms with Gasteiger partial charge in [-0.25, -0.2) is 4.79 Å². The van der Waals surface area contributed by atoms with Crippen molar-refractivity contribution in [1.29, 1.82) is 0 Å². The quantitative estimate of drug-likeness (QED) is 0.492. The van der Waals surface area contributed by atoms with Gasteiger partial charge in [0.25, 0.3) is 10.2 Å². The fourth-order valence-corrected chi connectivity index (χ4v) is 5.54. The molecule has 1 aliphatic carbocycles. The van der Waals surface area contributed by atoms with Gasteiger partial charge in [-0.2, -0.15) is 17.4 Å². The van der Waals surface area contributed by atoms with Gasteiger partial charge in [-0.1, -0.05) is 6.08 Å². The summed E-state index contributed by atoms with van der Waals surface area (Å²) in [6, 6.07) is -0.958. The van der Waals surface area contributed by atoms with E-state index in [-0.39, 0.29) is 31.0 Å². The second-order valence-electron chi connectivity index (χ2n) is 12.5. The van der Waals surface area contributed by atoms with E-state index in [0.29, 0.717) is 25.8 Å². The highest BCUT2D eigenvalue weighted by Crippen LogP contribution is 2.40. The average Bonchev–Trinajstić information content (AvgIpc) is 2.98. The topological polar surface area (TPSA) is 107 Å². The van der Waals surface area contributed by atoms with Crippen LogP contribution in [-0.4, -0.2) is 93.1 Å². The Labute approximate surface area is 223 Å². The number of likely N-dealkylation sites (tertiary alicyclic amines) is 1. The molecule has 2 aliphatic heterocycles. The van der Waals surface area contributed by atoms with Crippen molar-refractivity contribution in [3.8, 4) is 0 Å². The van der Waals surface area contributed by atoms with Gasteiger partial charge in [0.1, 0.15) is 5.60 Å². The zero-order valence-corrected chi connectivity index (χ0v) is 24.8. The molecule has 2 fully saturated rings. The molecule has 3 rings (SSSR count). The molecule has 0 aromatic carbocycles. The van der Waals surface area contributed by atoms with E-state index in [4.69, 9.17) is 18.8 Å². The van der Waals surface area contributed by atoms with E-state index in [1.54, 1.807) is 4.90 Å². The van der Waals surface area contributed by atoms with E-state index in [9.17, 15) is 13.2 Å². The SMILES string of the molecule is CN(C)S(=O)(=O)N[C@H]1CCCN(C(=O)OC(C)(C)C)[C@H]1CO[C@H]1CC=C(B2OC(C)(C)C(C)(C)O2)CC1. The maximum Gasteiger partial charge on any atom is 0.490 e. The van der Waals surface area contributed by atoms with Crippen LogP contribution in [-0.2, 0) is 29.0 Å². The van der Waals surface area contributed by atoms with Crippen LogP contribution in [0.2, 0.25) is 0 Å². The highest BCUT2D eigenvalue weighted by Gasteiger charge is 2.52. The van der Waals surface area contributed by atoms with Crippen molar-refractivity contribution in [2.24, 2.45) is 0 Å². The normalized spacial score (nSPS) is 28.4. The molecule has 10 nitrogen and oxygen atoms in total. The number of nitrogens with one attached hydrogen (secondary N) is 1. The summed E-state index contributed by atoms with van der Waals surface area (Å²) in [5.74, 6) is 0. The summed E-state index contributed by atoms with van der Waals surface area (Å²) in [4.78, 5) is 14.7. The van der Waals surface area contributed by atoms with E-state index in [2.05, 4.69) is 10.8 Å². The number of ether oxygens (including phenoxy) is 2. The minimum Gasteiger partial charge on any atom is -0.444 e. The molecule has 2 heterocycles. The van der Waals surface area contributed by atoms with Crippen LogP contribution >= 0.6 is 0 Å². The number of hydrogen-bond donors (Lipinski definition) is 1. The van der Waals surface area contributed by atoms with Gasteiger partial charge in [0.2, 0.25) is 0 Å². The van der Waals surface area contributed by atoms with Gasteiger partial charge in [-0.05, 0) is 86.0 Å². The van der Waals surface area contributed by atoms with Crippen molar-refractivity contribution in [2.45, 2.75) is 116 Å². The van der Waals surface area contributed by atoms with E-state index in [1.165, 1.54) is 14.1 Å². The maximum atomic E-state index is 13.0. The Kier molecular flexibility index (Phi) is 9.14. The molecular formula is C25H46BN3O7S. The van der Waals surface area contributed by atoms with Crippen molar-refractivity contribution in [2.75, 3.05) is 27.2 Å². The van der Waals surface area contributed by atoms with Crippen molar-refractivity contribution < 1.29 is 32.0 Å². The third-order valence-electron chi connectivity index (χ3n) is 7.64. The molecule has 1 amide bonds. The maximum absolute atomic E-state index is 13.0. The zero-order valence-electron chi connectivity index (χ0n) is 24.0. The first-order valence-electron chi connectivity index (χ1n) is 13.3. The monoisotopic (exact) mass is 543 g/mol. The Balaban J connectivity index is 1.68. The summed E-state index contributed by atoms with van der Waals surface area (Å²) in [5, 5.41) is 0. The first-order chi connectivity index (χ1) is 16.9. The smallest absolute Gasteiger partial charge is 0.444 e. The van der Waals surface area contributed by atoms with Crippen LogP contribution in [0.25, 0.3) is 0 Å². The van der Waals surface area contributed by atoms with Gasteiger partial charge in [0.15, 0.2) is 0 Å². The number of hydrogen-bond acceptors (Lipinski definition) is 7. The lowest BCUT2D eigenvalue weighted by Crippen LogP contribution is -2.60. The number of piperidine rings is 1. The molecule has 0 bridgehead atoms. The summed E-state index contributed by atoms with van der Waals surface area (Å²) in [6.45, 7) is 14.3. The number of carbonyl (C=O) groups excluding carboxylic acids is 1. The number of amides is 1. The minimum absolute atomic E-state index is 0.0420. The van der Waals surface area contributed by atoms with E-state index >= 15 is 0 Å². The average molecular weight is 544 g/mol. The summed E-state index contributed by atoms with van der Waals surface area (Å²) < 4.78 is 53.5. The molecule has 1 N–H and O–H groups in total. The molecule has 0 aromatic rings. The lowest BCUT2D eigenvalue weighted by Gasteiger charge is -2.42. The second-order valence-corrected chi connectivity index (χ2v) is 14.4. The zero-order chi connectivity index (χ0) is 27.8. The molecule has 37 heavy (non-hydrogen) atoms. The van der Waals surface area contributed by atoms with E-state index in [0.717, 1.165) is 22.6 Å². The van der Waals surface area contributed by atoms with Crippen molar-refractivity contribution in [1.82, 2.24) is 13.9 Å². The third-order valence-corrected chi connectivity index (χ3v) is 9.21. The molecule has 212 valence electrons. The minimum atomic E-state index is -3.68. The molecule has 2 saturated heterocycles. The summed E-state index contributed by atoms with van der Waals surface area (Å²) in [5.41, 5.74) is -0.292. The second kappa shape index (κ2) is 11.1. The summed E-state index contributed by atoms with van der Waals surface area (Å²) >= 11 is 0. The van der Waals surface area contributed by atoms with Gasteiger partial charge < -0.3 is 23.7 Å². The van der Waals surface area contributed by atoms with Crippen LogP contribution in [0.15, 0.2) is 11.5 Å². The first kappa shape index (κ1) is 30.4. The van der Waals surface area contributed by atoms with Crippen molar-refractivity contribution in [3.63, 3.8) is 0 Å². The Bertz CT molecular complexity index is 946. The van der Waals surface area contributed by atoms with Gasteiger partial charge in [0, 0.05) is 26.7 Å². The Hall–Kier alpha value is -1.18. The van der Waals surface area contributed by atoms with Gasteiger partial charge >= 0.3 is 13.2 Å². The van der Waals surface area contributed by atoms with Gasteiger partial charge in [-0.3, -0.25) is 0 Å². The summed E-state index contributed by atoms with van der Waals surface area (Å²) in [6.07, 6.45) is 5.20. The van der Waals surface area contributed by atoms with Crippen LogP contribution in [0.1, 0.15) is 80.6 Å². The molecule has 0 spiro atoms. The molecule has 0 unspecified atom stereocenters. The predicted octanol–water partition coefficient (Wildman–Crippen LogP) is 3.28. The number of nitrogens with zero attached hydrogens (tertiary/aromatic N) is 2. The first-order valence-corrected chi connectivity index (χ1v) is 14.7. The Morgan fingerprint density at radius 1 is 1.19 bits per heavy atom. The number of carbonyl (C=O) groups is 1. The molecule has 0 aromatic heterocycles. The van der Waals surface area contributed by atoms with E-state index in [1.807, 2.05) is 48.5 Å². The van der Waals surface area contributed by atoms with Crippen LogP contribution in [0.5, 0.6) is 0 Å². The molecule has 0 radical (unpaired) electrons. The highest BCUT2D eigenvalue weighted by molar-refractivity contribution is 7.87. The lowest BCUT2D eigenvalue weighted by atomic mass is 9.72. The van der Waals surface area contributed by atoms with Crippen LogP contribution in [0.3, 0.4) is 0 Å². The molecule has 12 heteroatoms. The van der Waals surface area contributed by atoms with Crippen molar-refractivity contribution in [3.05, 3.63) is 11.5 Å².